The van der Waals surface area contributed by atoms with Gasteiger partial charge >= 0.3 is 0 Å². The van der Waals surface area contributed by atoms with Crippen molar-refractivity contribution in [3.05, 3.63) is 35.4 Å². The van der Waals surface area contributed by atoms with E-state index in [4.69, 9.17) is 0 Å². The maximum Gasteiger partial charge on any atom is 0.224 e. The first-order valence-corrected chi connectivity index (χ1v) is 10.3. The highest BCUT2D eigenvalue weighted by atomic mass is 32.2. The second kappa shape index (κ2) is 8.12. The van der Waals surface area contributed by atoms with E-state index in [9.17, 15) is 13.2 Å². The van der Waals surface area contributed by atoms with E-state index in [1.807, 2.05) is 38.1 Å². The molecule has 0 aromatic heterocycles. The van der Waals surface area contributed by atoms with Gasteiger partial charge in [0, 0.05) is 13.1 Å². The molecule has 0 radical (unpaired) electrons. The molecule has 0 unspecified atom stereocenters. The SMILES string of the molecule is CC[C@H](NC(=O)[C@@H]1CCCN(S(=O)(=O)CC)C1)c1ccc(C)cc1. The minimum absolute atomic E-state index is 0.0312. The summed E-state index contributed by atoms with van der Waals surface area (Å²) in [7, 11) is -3.23. The van der Waals surface area contributed by atoms with Gasteiger partial charge in [0.1, 0.15) is 0 Å². The van der Waals surface area contributed by atoms with Crippen molar-refractivity contribution in [1.29, 1.82) is 0 Å². The normalized spacial score (nSPS) is 20.5. The van der Waals surface area contributed by atoms with Crippen molar-refractivity contribution in [3.8, 4) is 0 Å². The first kappa shape index (κ1) is 18.9. The summed E-state index contributed by atoms with van der Waals surface area (Å²) in [5.41, 5.74) is 2.28. The Morgan fingerprint density at radius 2 is 1.96 bits per heavy atom. The van der Waals surface area contributed by atoms with Crippen LogP contribution in [-0.4, -0.2) is 37.5 Å². The standard InChI is InChI=1S/C18H28N2O3S/c1-4-17(15-10-8-14(3)9-11-15)19-18(21)16-7-6-12-20(13-16)24(22,23)5-2/h8-11,16-17H,4-7,12-13H2,1-3H3,(H,19,21)/t16-,17+/m1/s1. The highest BCUT2D eigenvalue weighted by Gasteiger charge is 2.32. The number of carbonyl (C=O) groups is 1. The van der Waals surface area contributed by atoms with Crippen molar-refractivity contribution >= 4 is 15.9 Å². The van der Waals surface area contributed by atoms with Gasteiger partial charge in [0.25, 0.3) is 0 Å². The van der Waals surface area contributed by atoms with Gasteiger partial charge in [0.2, 0.25) is 15.9 Å². The van der Waals surface area contributed by atoms with Crippen LogP contribution in [0.15, 0.2) is 24.3 Å². The highest BCUT2D eigenvalue weighted by molar-refractivity contribution is 7.89. The minimum atomic E-state index is -3.23. The Morgan fingerprint density at radius 1 is 1.29 bits per heavy atom. The molecule has 1 amide bonds. The van der Waals surface area contributed by atoms with Crippen LogP contribution < -0.4 is 5.32 Å². The fourth-order valence-electron chi connectivity index (χ4n) is 3.10. The summed E-state index contributed by atoms with van der Waals surface area (Å²) in [5, 5.41) is 3.10. The third-order valence-corrected chi connectivity index (χ3v) is 6.57. The molecule has 1 heterocycles. The Hall–Kier alpha value is -1.40. The summed E-state index contributed by atoms with van der Waals surface area (Å²) in [6, 6.07) is 8.13. The van der Waals surface area contributed by atoms with Crippen molar-refractivity contribution < 1.29 is 13.2 Å². The van der Waals surface area contributed by atoms with Crippen LogP contribution in [0.25, 0.3) is 0 Å². The molecule has 5 nitrogen and oxygen atoms in total. The van der Waals surface area contributed by atoms with Crippen molar-refractivity contribution in [2.45, 2.75) is 46.1 Å². The van der Waals surface area contributed by atoms with Gasteiger partial charge in [-0.15, -0.1) is 0 Å². The van der Waals surface area contributed by atoms with E-state index in [1.165, 1.54) is 9.87 Å². The maximum atomic E-state index is 12.6. The highest BCUT2D eigenvalue weighted by Crippen LogP contribution is 2.22. The van der Waals surface area contributed by atoms with Gasteiger partial charge in [-0.05, 0) is 38.7 Å². The number of hydrogen-bond acceptors (Lipinski definition) is 3. The molecule has 2 atom stereocenters. The molecule has 1 aromatic carbocycles. The fraction of sp³-hybridized carbons (Fsp3) is 0.611. The zero-order chi connectivity index (χ0) is 17.7. The van der Waals surface area contributed by atoms with Crippen LogP contribution >= 0.6 is 0 Å². The number of piperidine rings is 1. The molecule has 1 aromatic rings. The summed E-state index contributed by atoms with van der Waals surface area (Å²) in [4.78, 5) is 12.6. The molecule has 1 saturated heterocycles. The monoisotopic (exact) mass is 352 g/mol. The van der Waals surface area contributed by atoms with Crippen LogP contribution in [0.2, 0.25) is 0 Å². The van der Waals surface area contributed by atoms with Gasteiger partial charge in [-0.2, -0.15) is 0 Å². The van der Waals surface area contributed by atoms with Gasteiger partial charge in [0.05, 0.1) is 17.7 Å². The average Bonchev–Trinajstić information content (AvgIpc) is 2.60. The van der Waals surface area contributed by atoms with Crippen LogP contribution in [0.5, 0.6) is 0 Å². The molecule has 6 heteroatoms. The second-order valence-corrected chi connectivity index (χ2v) is 8.74. The molecule has 2 rings (SSSR count). The van der Waals surface area contributed by atoms with E-state index < -0.39 is 10.0 Å². The molecule has 0 aliphatic carbocycles. The number of nitrogens with zero attached hydrogens (tertiary/aromatic N) is 1. The van der Waals surface area contributed by atoms with E-state index in [-0.39, 0.29) is 23.6 Å². The lowest BCUT2D eigenvalue weighted by molar-refractivity contribution is -0.126. The van der Waals surface area contributed by atoms with Crippen molar-refractivity contribution in [1.82, 2.24) is 9.62 Å². The van der Waals surface area contributed by atoms with Gasteiger partial charge < -0.3 is 5.32 Å². The minimum Gasteiger partial charge on any atom is -0.349 e. The molecule has 1 N–H and O–H groups in total. The van der Waals surface area contributed by atoms with Crippen LogP contribution in [-0.2, 0) is 14.8 Å². The number of hydrogen-bond donors (Lipinski definition) is 1. The fourth-order valence-corrected chi connectivity index (χ4v) is 4.28. The first-order chi connectivity index (χ1) is 11.4. The zero-order valence-electron chi connectivity index (χ0n) is 14.8. The maximum absolute atomic E-state index is 12.6. The number of sulfonamides is 1. The topological polar surface area (TPSA) is 66.5 Å². The Morgan fingerprint density at radius 3 is 2.54 bits per heavy atom. The lowest BCUT2D eigenvalue weighted by Gasteiger charge is -2.32. The van der Waals surface area contributed by atoms with Gasteiger partial charge in [-0.1, -0.05) is 36.8 Å². The quantitative estimate of drug-likeness (QED) is 0.856. The lowest BCUT2D eigenvalue weighted by atomic mass is 9.97. The van der Waals surface area contributed by atoms with Gasteiger partial charge in [-0.3, -0.25) is 4.79 Å². The van der Waals surface area contributed by atoms with Crippen molar-refractivity contribution in [3.63, 3.8) is 0 Å². The van der Waals surface area contributed by atoms with E-state index >= 15 is 0 Å². The number of aryl methyl sites for hydroxylation is 1. The summed E-state index contributed by atoms with van der Waals surface area (Å²) < 4.78 is 25.6. The summed E-state index contributed by atoms with van der Waals surface area (Å²) in [6.07, 6.45) is 2.28. The Kier molecular flexibility index (Phi) is 6.40. The number of carbonyl (C=O) groups excluding carboxylic acids is 1. The van der Waals surface area contributed by atoms with E-state index in [1.54, 1.807) is 6.92 Å². The smallest absolute Gasteiger partial charge is 0.224 e. The third kappa shape index (κ3) is 4.57. The van der Waals surface area contributed by atoms with Crippen LogP contribution in [0.4, 0.5) is 0 Å². The third-order valence-electron chi connectivity index (χ3n) is 4.72. The number of benzene rings is 1. The Balaban J connectivity index is 2.03. The predicted octanol–water partition coefficient (Wildman–Crippen LogP) is 2.62. The van der Waals surface area contributed by atoms with Crippen molar-refractivity contribution in [2.75, 3.05) is 18.8 Å². The molecule has 1 aliphatic rings. The molecule has 0 saturated carbocycles. The Labute approximate surface area is 145 Å². The number of amides is 1. The summed E-state index contributed by atoms with van der Waals surface area (Å²) in [6.45, 7) is 6.54. The average molecular weight is 353 g/mol. The molecule has 24 heavy (non-hydrogen) atoms. The zero-order valence-corrected chi connectivity index (χ0v) is 15.6. The van der Waals surface area contributed by atoms with E-state index in [0.717, 1.165) is 24.8 Å². The number of nitrogens with one attached hydrogen (secondary N) is 1. The summed E-state index contributed by atoms with van der Waals surface area (Å²) in [5.74, 6) is -0.222. The molecule has 1 fully saturated rings. The largest absolute Gasteiger partial charge is 0.349 e. The van der Waals surface area contributed by atoms with Crippen molar-refractivity contribution in [2.24, 2.45) is 5.92 Å². The molecule has 134 valence electrons. The van der Waals surface area contributed by atoms with Crippen LogP contribution in [0, 0.1) is 12.8 Å². The van der Waals surface area contributed by atoms with E-state index in [2.05, 4.69) is 5.32 Å². The predicted molar refractivity (Wildman–Crippen MR) is 96.1 cm³/mol. The molecule has 0 spiro atoms. The molecular weight excluding hydrogens is 324 g/mol. The molecule has 1 aliphatic heterocycles. The summed E-state index contributed by atoms with van der Waals surface area (Å²) >= 11 is 0. The van der Waals surface area contributed by atoms with Gasteiger partial charge in [-0.25, -0.2) is 12.7 Å². The molecular formula is C18H28N2O3S. The van der Waals surface area contributed by atoms with Crippen LogP contribution in [0.1, 0.15) is 50.3 Å². The van der Waals surface area contributed by atoms with Gasteiger partial charge in [0.15, 0.2) is 0 Å². The van der Waals surface area contributed by atoms with Crippen LogP contribution in [0.3, 0.4) is 0 Å². The Bertz CT molecular complexity index is 655. The first-order valence-electron chi connectivity index (χ1n) is 8.72. The van der Waals surface area contributed by atoms with E-state index in [0.29, 0.717) is 13.1 Å². The second-order valence-electron chi connectivity index (χ2n) is 6.48. The molecule has 0 bridgehead atoms. The lowest BCUT2D eigenvalue weighted by Crippen LogP contribution is -2.46. The number of rotatable bonds is 6.